The fourth-order valence-electron chi connectivity index (χ4n) is 5.33. The van der Waals surface area contributed by atoms with Crippen molar-refractivity contribution in [3.8, 4) is 0 Å². The Morgan fingerprint density at radius 3 is 2.28 bits per heavy atom. The third-order valence-corrected chi connectivity index (χ3v) is 7.56. The average molecular weight is 545 g/mol. The minimum absolute atomic E-state index is 0.0330. The van der Waals surface area contributed by atoms with Crippen molar-refractivity contribution in [1.82, 2.24) is 21.3 Å². The Balaban J connectivity index is 1.84. The van der Waals surface area contributed by atoms with Gasteiger partial charge in [-0.2, -0.15) is 0 Å². The molecule has 7 nitrogen and oxygen atoms in total. The number of carbonyl (C=O) groups is 2. The van der Waals surface area contributed by atoms with Crippen LogP contribution in [0.5, 0.6) is 0 Å². The number of urea groups is 1. The molecule has 1 fully saturated rings. The van der Waals surface area contributed by atoms with Crippen LogP contribution in [-0.2, 0) is 22.2 Å². The van der Waals surface area contributed by atoms with Crippen molar-refractivity contribution < 1.29 is 23.5 Å². The third kappa shape index (κ3) is 8.47. The molecule has 1 saturated carbocycles. The van der Waals surface area contributed by atoms with Crippen molar-refractivity contribution in [3.63, 3.8) is 0 Å². The number of hydrogen-bond acceptors (Lipinski definition) is 4. The minimum atomic E-state index is -1.02. The first-order valence-corrected chi connectivity index (χ1v) is 13.6. The van der Waals surface area contributed by atoms with Gasteiger partial charge in [0.1, 0.15) is 11.6 Å². The minimum Gasteiger partial charge on any atom is -0.390 e. The molecule has 2 atom stereocenters. The van der Waals surface area contributed by atoms with Gasteiger partial charge in [0, 0.05) is 38.2 Å². The first kappa shape index (κ1) is 30.5. The summed E-state index contributed by atoms with van der Waals surface area (Å²) in [6.07, 6.45) is 1.98. The summed E-state index contributed by atoms with van der Waals surface area (Å²) in [7, 11) is 1.59. The summed E-state index contributed by atoms with van der Waals surface area (Å²) >= 11 is 0. The van der Waals surface area contributed by atoms with E-state index in [0.29, 0.717) is 5.56 Å². The number of nitrogens with one attached hydrogen (secondary N) is 4. The molecule has 3 rings (SSSR count). The van der Waals surface area contributed by atoms with Crippen LogP contribution in [0.15, 0.2) is 42.5 Å². The summed E-state index contributed by atoms with van der Waals surface area (Å²) in [4.78, 5) is 23.8. The lowest BCUT2D eigenvalue weighted by molar-refractivity contribution is -0.120. The Hall–Kier alpha value is -3.04. The van der Waals surface area contributed by atoms with Crippen LogP contribution in [0, 0.1) is 11.6 Å². The second-order valence-corrected chi connectivity index (χ2v) is 11.6. The number of benzene rings is 2. The Bertz CT molecular complexity index is 1120. The highest BCUT2D eigenvalue weighted by Gasteiger charge is 2.38. The lowest BCUT2D eigenvalue weighted by Gasteiger charge is -2.43. The second-order valence-electron chi connectivity index (χ2n) is 11.6. The van der Waals surface area contributed by atoms with Crippen LogP contribution in [-0.4, -0.2) is 48.8 Å². The summed E-state index contributed by atoms with van der Waals surface area (Å²) in [6.45, 7) is 7.98. The fraction of sp³-hybridized carbons (Fsp3) is 0.533. The van der Waals surface area contributed by atoms with E-state index in [1.165, 1.54) is 24.6 Å². The molecule has 1 aliphatic rings. The molecular formula is C30H42F2N4O3. The van der Waals surface area contributed by atoms with E-state index in [1.807, 2.05) is 6.07 Å². The van der Waals surface area contributed by atoms with E-state index >= 15 is 0 Å². The SMILES string of the molecule is CNC(=O)NC1CCC(NC[C@@H](O)[C@H](Cc2cc(F)cc(F)c2)NC(C)=O)(c2cccc(C(C)(C)C)c2)CC1. The van der Waals surface area contributed by atoms with Crippen molar-refractivity contribution in [2.45, 2.75) is 88.9 Å². The molecule has 0 bridgehead atoms. The van der Waals surface area contributed by atoms with E-state index in [4.69, 9.17) is 0 Å². The highest BCUT2D eigenvalue weighted by atomic mass is 19.1. The van der Waals surface area contributed by atoms with Gasteiger partial charge in [-0.05, 0) is 66.3 Å². The van der Waals surface area contributed by atoms with Crippen molar-refractivity contribution in [3.05, 3.63) is 70.8 Å². The van der Waals surface area contributed by atoms with E-state index in [0.717, 1.165) is 37.3 Å². The zero-order valence-corrected chi connectivity index (χ0v) is 23.5. The van der Waals surface area contributed by atoms with Gasteiger partial charge >= 0.3 is 6.03 Å². The van der Waals surface area contributed by atoms with E-state index in [1.54, 1.807) is 7.05 Å². The molecule has 0 heterocycles. The normalized spacial score (nSPS) is 21.1. The third-order valence-electron chi connectivity index (χ3n) is 7.56. The predicted octanol–water partition coefficient (Wildman–Crippen LogP) is 4.03. The van der Waals surface area contributed by atoms with Crippen LogP contribution in [0.2, 0.25) is 0 Å². The topological polar surface area (TPSA) is 102 Å². The highest BCUT2D eigenvalue weighted by molar-refractivity contribution is 5.74. The maximum atomic E-state index is 13.8. The van der Waals surface area contributed by atoms with Crippen LogP contribution >= 0.6 is 0 Å². The molecule has 2 aromatic rings. The molecule has 9 heteroatoms. The van der Waals surface area contributed by atoms with Crippen LogP contribution in [0.1, 0.15) is 70.1 Å². The van der Waals surface area contributed by atoms with Gasteiger partial charge in [0.25, 0.3) is 0 Å². The number of aliphatic hydroxyl groups excluding tert-OH is 1. The van der Waals surface area contributed by atoms with E-state index in [2.05, 4.69) is 60.2 Å². The molecule has 0 unspecified atom stereocenters. The summed E-state index contributed by atoms with van der Waals surface area (Å²) < 4.78 is 27.6. The molecule has 5 N–H and O–H groups in total. The summed E-state index contributed by atoms with van der Waals surface area (Å²) in [5.74, 6) is -1.76. The number of amides is 3. The van der Waals surface area contributed by atoms with Crippen molar-refractivity contribution >= 4 is 11.9 Å². The molecule has 0 spiro atoms. The van der Waals surface area contributed by atoms with Crippen LogP contribution in [0.3, 0.4) is 0 Å². The maximum absolute atomic E-state index is 13.8. The Kier molecular flexibility index (Phi) is 10.1. The van der Waals surface area contributed by atoms with Gasteiger partial charge in [0.2, 0.25) is 5.91 Å². The van der Waals surface area contributed by atoms with Crippen molar-refractivity contribution in [1.29, 1.82) is 0 Å². The molecule has 0 aromatic heterocycles. The zero-order chi connectivity index (χ0) is 28.8. The average Bonchev–Trinajstić information content (AvgIpc) is 2.86. The number of hydrogen-bond donors (Lipinski definition) is 5. The molecule has 0 aliphatic heterocycles. The predicted molar refractivity (Wildman–Crippen MR) is 148 cm³/mol. The molecular weight excluding hydrogens is 502 g/mol. The second kappa shape index (κ2) is 12.9. The Morgan fingerprint density at radius 1 is 1.08 bits per heavy atom. The molecule has 1 aliphatic carbocycles. The van der Waals surface area contributed by atoms with Gasteiger partial charge in [0.05, 0.1) is 12.1 Å². The Morgan fingerprint density at radius 2 is 1.72 bits per heavy atom. The van der Waals surface area contributed by atoms with Crippen LogP contribution in [0.4, 0.5) is 13.6 Å². The highest BCUT2D eigenvalue weighted by Crippen LogP contribution is 2.39. The Labute approximate surface area is 230 Å². The fourth-order valence-corrected chi connectivity index (χ4v) is 5.33. The first-order chi connectivity index (χ1) is 18.3. The summed E-state index contributed by atoms with van der Waals surface area (Å²) in [5.41, 5.74) is 2.12. The zero-order valence-electron chi connectivity index (χ0n) is 23.5. The van der Waals surface area contributed by atoms with Crippen molar-refractivity contribution in [2.24, 2.45) is 0 Å². The summed E-state index contributed by atoms with van der Waals surface area (Å²) in [6, 6.07) is 10.7. The van der Waals surface area contributed by atoms with Gasteiger partial charge in [-0.3, -0.25) is 4.79 Å². The van der Waals surface area contributed by atoms with Crippen LogP contribution in [0.25, 0.3) is 0 Å². The van der Waals surface area contributed by atoms with Crippen LogP contribution < -0.4 is 21.3 Å². The van der Waals surface area contributed by atoms with Crippen molar-refractivity contribution in [2.75, 3.05) is 13.6 Å². The molecule has 214 valence electrons. The van der Waals surface area contributed by atoms with E-state index < -0.39 is 29.3 Å². The summed E-state index contributed by atoms with van der Waals surface area (Å²) in [5, 5.41) is 23.2. The van der Waals surface area contributed by atoms with Gasteiger partial charge in [-0.1, -0.05) is 45.0 Å². The van der Waals surface area contributed by atoms with E-state index in [9.17, 15) is 23.5 Å². The quantitative estimate of drug-likeness (QED) is 0.329. The standard InChI is InChI=1S/C30H42F2N4O3/c1-19(37)35-26(15-20-13-23(31)17-24(32)14-20)27(38)18-34-30(11-9-25(10-12-30)36-28(39)33-5)22-8-6-7-21(16-22)29(2,3)4/h6-8,13-14,16-17,25-27,34,38H,9-12,15,18H2,1-5H3,(H,35,37)(H2,33,36,39)/t25?,26-,27+,30?/m0/s1. The van der Waals surface area contributed by atoms with E-state index in [-0.39, 0.29) is 36.4 Å². The number of halogens is 2. The lowest BCUT2D eigenvalue weighted by atomic mass is 9.73. The first-order valence-electron chi connectivity index (χ1n) is 13.6. The van der Waals surface area contributed by atoms with Gasteiger partial charge in [-0.15, -0.1) is 0 Å². The smallest absolute Gasteiger partial charge is 0.314 e. The largest absolute Gasteiger partial charge is 0.390 e. The van der Waals surface area contributed by atoms with Gasteiger partial charge < -0.3 is 26.4 Å². The molecule has 3 amide bonds. The molecule has 39 heavy (non-hydrogen) atoms. The molecule has 2 aromatic carbocycles. The monoisotopic (exact) mass is 544 g/mol. The number of carbonyl (C=O) groups excluding carboxylic acids is 2. The lowest BCUT2D eigenvalue weighted by Crippen LogP contribution is -2.55. The van der Waals surface area contributed by atoms with Gasteiger partial charge in [0.15, 0.2) is 0 Å². The molecule has 0 saturated heterocycles. The maximum Gasteiger partial charge on any atom is 0.314 e. The van der Waals surface area contributed by atoms with Gasteiger partial charge in [-0.25, -0.2) is 13.6 Å². The number of rotatable bonds is 9. The number of aliphatic hydroxyl groups is 1. The molecule has 0 radical (unpaired) electrons.